The Morgan fingerprint density at radius 2 is 1.51 bits per heavy atom. The van der Waals surface area contributed by atoms with E-state index < -0.39 is 0 Å². The summed E-state index contributed by atoms with van der Waals surface area (Å²) in [5.74, 6) is 0.931. The summed E-state index contributed by atoms with van der Waals surface area (Å²) in [5.41, 5.74) is 6.62. The third-order valence-electron chi connectivity index (χ3n) is 9.27. The van der Waals surface area contributed by atoms with Crippen LogP contribution < -0.4 is 0 Å². The molecule has 0 radical (unpaired) electrons. The number of aromatic amines is 1. The van der Waals surface area contributed by atoms with Gasteiger partial charge in [-0.2, -0.15) is 5.21 Å². The van der Waals surface area contributed by atoms with Crippen LogP contribution in [0.2, 0.25) is 0 Å². The number of nitrogens with one attached hydrogen (secondary N) is 1. The number of fused-ring (bicyclic) bond motifs is 3. The van der Waals surface area contributed by atoms with Crippen LogP contribution in [0.25, 0.3) is 11.1 Å². The second-order valence-corrected chi connectivity index (χ2v) is 12.9. The SMILES string of the molecule is CC(C)(C)C1CCC(N(Cc2ccc(C(=O)Cc3nn[nH]n3)cc2)C(=O)OCC2c3ccccc3-c3ccccc32)CC1. The zero-order chi connectivity index (χ0) is 30.0. The van der Waals surface area contributed by atoms with E-state index in [4.69, 9.17) is 4.74 Å². The summed E-state index contributed by atoms with van der Waals surface area (Å²) >= 11 is 0. The van der Waals surface area contributed by atoms with Gasteiger partial charge in [0.1, 0.15) is 6.61 Å². The zero-order valence-electron chi connectivity index (χ0n) is 25.1. The monoisotopic (exact) mass is 577 g/mol. The number of amides is 1. The van der Waals surface area contributed by atoms with E-state index in [0.717, 1.165) is 31.2 Å². The lowest BCUT2D eigenvalue weighted by Crippen LogP contribution is -2.43. The van der Waals surface area contributed by atoms with Crippen LogP contribution in [0.4, 0.5) is 4.79 Å². The van der Waals surface area contributed by atoms with Gasteiger partial charge in [-0.05, 0) is 64.8 Å². The first-order chi connectivity index (χ1) is 20.8. The van der Waals surface area contributed by atoms with Crippen LogP contribution >= 0.6 is 0 Å². The molecule has 0 spiro atoms. The number of hydrogen-bond donors (Lipinski definition) is 1. The van der Waals surface area contributed by atoms with Crippen LogP contribution in [-0.2, 0) is 17.7 Å². The van der Waals surface area contributed by atoms with Crippen molar-refractivity contribution in [2.75, 3.05) is 6.61 Å². The minimum absolute atomic E-state index is 0.0133. The van der Waals surface area contributed by atoms with Crippen LogP contribution in [-0.4, -0.2) is 50.0 Å². The van der Waals surface area contributed by atoms with Crippen molar-refractivity contribution in [2.45, 2.75) is 71.4 Å². The Morgan fingerprint density at radius 1 is 0.884 bits per heavy atom. The van der Waals surface area contributed by atoms with Crippen LogP contribution in [0.15, 0.2) is 72.8 Å². The van der Waals surface area contributed by atoms with Gasteiger partial charge in [0.2, 0.25) is 0 Å². The number of benzene rings is 3. The molecular weight excluding hydrogens is 538 g/mol. The third kappa shape index (κ3) is 6.24. The first kappa shape index (κ1) is 28.8. The quantitative estimate of drug-likeness (QED) is 0.227. The lowest BCUT2D eigenvalue weighted by atomic mass is 9.71. The maximum absolute atomic E-state index is 13.9. The highest BCUT2D eigenvalue weighted by Gasteiger charge is 2.35. The number of H-pyrrole nitrogens is 1. The molecule has 0 bridgehead atoms. The van der Waals surface area contributed by atoms with E-state index in [0.29, 0.717) is 30.5 Å². The second kappa shape index (κ2) is 12.1. The molecule has 0 unspecified atom stereocenters. The van der Waals surface area contributed by atoms with Gasteiger partial charge in [-0.3, -0.25) is 4.79 Å². The summed E-state index contributed by atoms with van der Waals surface area (Å²) in [6.45, 7) is 7.65. The van der Waals surface area contributed by atoms with Gasteiger partial charge in [0.15, 0.2) is 11.6 Å². The van der Waals surface area contributed by atoms with Gasteiger partial charge >= 0.3 is 6.09 Å². The van der Waals surface area contributed by atoms with Gasteiger partial charge in [0, 0.05) is 24.1 Å². The van der Waals surface area contributed by atoms with E-state index in [1.54, 1.807) is 0 Å². The number of hydrogen-bond acceptors (Lipinski definition) is 6. The summed E-state index contributed by atoms with van der Waals surface area (Å²) in [6, 6.07) is 24.4. The predicted molar refractivity (Wildman–Crippen MR) is 164 cm³/mol. The van der Waals surface area contributed by atoms with Gasteiger partial charge in [0.25, 0.3) is 0 Å². The lowest BCUT2D eigenvalue weighted by molar-refractivity contribution is 0.0565. The summed E-state index contributed by atoms with van der Waals surface area (Å²) in [7, 11) is 0. The molecule has 1 fully saturated rings. The minimum atomic E-state index is -0.279. The molecule has 1 saturated carbocycles. The highest BCUT2D eigenvalue weighted by Crippen LogP contribution is 2.45. The normalized spacial score (nSPS) is 18.1. The van der Waals surface area contributed by atoms with Gasteiger partial charge in [-0.25, -0.2) is 4.79 Å². The summed E-state index contributed by atoms with van der Waals surface area (Å²) in [5, 5.41) is 13.6. The molecule has 2 aliphatic carbocycles. The molecule has 43 heavy (non-hydrogen) atoms. The largest absolute Gasteiger partial charge is 0.448 e. The van der Waals surface area contributed by atoms with Crippen molar-refractivity contribution in [3.05, 3.63) is 101 Å². The number of Topliss-reactive ketones (excluding diaryl/α,β-unsaturated/α-hetero) is 1. The Bertz CT molecular complexity index is 1520. The highest BCUT2D eigenvalue weighted by atomic mass is 16.6. The number of tetrazole rings is 1. The molecular formula is C35H39N5O3. The van der Waals surface area contributed by atoms with Crippen LogP contribution in [0.1, 0.15) is 85.2 Å². The summed E-state index contributed by atoms with van der Waals surface area (Å²) in [4.78, 5) is 28.5. The first-order valence-corrected chi connectivity index (χ1v) is 15.2. The first-order valence-electron chi connectivity index (χ1n) is 15.2. The maximum atomic E-state index is 13.9. The lowest BCUT2D eigenvalue weighted by Gasteiger charge is -2.40. The van der Waals surface area contributed by atoms with E-state index in [-0.39, 0.29) is 35.7 Å². The van der Waals surface area contributed by atoms with Crippen molar-refractivity contribution >= 4 is 11.9 Å². The van der Waals surface area contributed by atoms with Gasteiger partial charge < -0.3 is 9.64 Å². The smallest absolute Gasteiger partial charge is 0.410 e. The van der Waals surface area contributed by atoms with Crippen LogP contribution in [0.5, 0.6) is 0 Å². The topological polar surface area (TPSA) is 101 Å². The van der Waals surface area contributed by atoms with Crippen molar-refractivity contribution in [1.82, 2.24) is 25.5 Å². The molecule has 0 saturated heterocycles. The minimum Gasteiger partial charge on any atom is -0.448 e. The molecule has 8 nitrogen and oxygen atoms in total. The number of nitrogens with zero attached hydrogens (tertiary/aromatic N) is 4. The third-order valence-corrected chi connectivity index (χ3v) is 9.27. The van der Waals surface area contributed by atoms with Crippen molar-refractivity contribution in [1.29, 1.82) is 0 Å². The average Bonchev–Trinajstić information content (AvgIpc) is 3.64. The highest BCUT2D eigenvalue weighted by molar-refractivity contribution is 5.97. The fourth-order valence-corrected chi connectivity index (χ4v) is 6.77. The molecule has 4 aromatic rings. The van der Waals surface area contributed by atoms with Crippen LogP contribution in [0.3, 0.4) is 0 Å². The van der Waals surface area contributed by atoms with Gasteiger partial charge in [-0.1, -0.05) is 98.8 Å². The molecule has 222 valence electrons. The van der Waals surface area contributed by atoms with Crippen molar-refractivity contribution < 1.29 is 14.3 Å². The molecule has 0 atom stereocenters. The van der Waals surface area contributed by atoms with Crippen LogP contribution in [0, 0.1) is 11.3 Å². The Morgan fingerprint density at radius 3 is 2.09 bits per heavy atom. The van der Waals surface area contributed by atoms with Gasteiger partial charge in [0.05, 0.1) is 6.42 Å². The molecule has 2 aliphatic rings. The number of aromatic nitrogens is 4. The number of carbonyl (C=O) groups excluding carboxylic acids is 2. The van der Waals surface area contributed by atoms with E-state index in [1.807, 2.05) is 29.2 Å². The molecule has 3 aromatic carbocycles. The Hall–Kier alpha value is -4.33. The average molecular weight is 578 g/mol. The Labute approximate surface area is 252 Å². The molecule has 1 heterocycles. The fraction of sp³-hybridized carbons (Fsp3) is 0.400. The predicted octanol–water partition coefficient (Wildman–Crippen LogP) is 6.98. The molecule has 1 amide bonds. The molecule has 1 N–H and O–H groups in total. The Balaban J connectivity index is 1.18. The van der Waals surface area contributed by atoms with E-state index >= 15 is 0 Å². The molecule has 0 aliphatic heterocycles. The van der Waals surface area contributed by atoms with Gasteiger partial charge in [-0.15, -0.1) is 10.2 Å². The number of ether oxygens (including phenoxy) is 1. The summed E-state index contributed by atoms with van der Waals surface area (Å²) < 4.78 is 6.15. The van der Waals surface area contributed by atoms with E-state index in [2.05, 4.69) is 89.9 Å². The number of ketones is 1. The zero-order valence-corrected chi connectivity index (χ0v) is 25.1. The second-order valence-electron chi connectivity index (χ2n) is 12.9. The van der Waals surface area contributed by atoms with E-state index in [9.17, 15) is 9.59 Å². The van der Waals surface area contributed by atoms with Crippen molar-refractivity contribution in [3.63, 3.8) is 0 Å². The summed E-state index contributed by atoms with van der Waals surface area (Å²) in [6.07, 6.45) is 3.88. The molecule has 1 aromatic heterocycles. The Kier molecular flexibility index (Phi) is 8.10. The number of carbonyl (C=O) groups is 2. The fourth-order valence-electron chi connectivity index (χ4n) is 6.77. The van der Waals surface area contributed by atoms with Crippen molar-refractivity contribution in [3.8, 4) is 11.1 Å². The maximum Gasteiger partial charge on any atom is 0.410 e. The molecule has 8 heteroatoms. The molecule has 6 rings (SSSR count). The van der Waals surface area contributed by atoms with Crippen molar-refractivity contribution in [2.24, 2.45) is 11.3 Å². The van der Waals surface area contributed by atoms with E-state index in [1.165, 1.54) is 22.3 Å². The standard InChI is InChI=1S/C35H39N5O3/c1-35(2,3)25-16-18-26(19-17-25)40(21-23-12-14-24(15-13-23)32(41)20-33-36-38-39-37-33)34(42)43-22-31-29-10-6-4-8-27(29)28-9-5-7-11-30(28)31/h4-15,25-26,31H,16-22H2,1-3H3,(H,36,37,38,39). The number of rotatable bonds is 8.